The summed E-state index contributed by atoms with van der Waals surface area (Å²) in [5, 5.41) is 3.65. The zero-order chi connectivity index (χ0) is 16.7. The molecule has 1 aromatic heterocycles. The third-order valence-electron chi connectivity index (χ3n) is 4.35. The number of amides is 1. The highest BCUT2D eigenvalue weighted by Crippen LogP contribution is 2.34. The molecule has 5 heteroatoms. The van der Waals surface area contributed by atoms with Crippen molar-refractivity contribution in [3.05, 3.63) is 58.9 Å². The van der Waals surface area contributed by atoms with Crippen LogP contribution >= 0.6 is 0 Å². The van der Waals surface area contributed by atoms with E-state index in [1.807, 2.05) is 24.3 Å². The van der Waals surface area contributed by atoms with E-state index in [4.69, 9.17) is 0 Å². The Morgan fingerprint density at radius 3 is 2.75 bits per heavy atom. The Hall–Kier alpha value is -2.95. The number of H-pyrrole nitrogens is 1. The summed E-state index contributed by atoms with van der Waals surface area (Å²) in [5.41, 5.74) is 5.08. The van der Waals surface area contributed by atoms with Crippen LogP contribution in [0, 0.1) is 5.82 Å². The smallest absolute Gasteiger partial charge is 0.252 e. The molecule has 0 bridgehead atoms. The monoisotopic (exact) mass is 321 g/mol. The van der Waals surface area contributed by atoms with Crippen molar-refractivity contribution < 1.29 is 9.18 Å². The summed E-state index contributed by atoms with van der Waals surface area (Å²) in [6.45, 7) is 0.537. The molecule has 1 amide bonds. The molecule has 3 aromatic rings. The van der Waals surface area contributed by atoms with E-state index in [1.165, 1.54) is 12.1 Å². The lowest BCUT2D eigenvalue weighted by molar-refractivity contribution is 0.0957. The topological polar surface area (TPSA) is 57.2 Å². The van der Waals surface area contributed by atoms with E-state index in [-0.39, 0.29) is 5.91 Å². The Kier molecular flexibility index (Phi) is 3.41. The van der Waals surface area contributed by atoms with Gasteiger partial charge in [-0.15, -0.1) is 0 Å². The number of benzene rings is 2. The lowest BCUT2D eigenvalue weighted by Crippen LogP contribution is -2.23. The van der Waals surface area contributed by atoms with Crippen LogP contribution in [0.4, 0.5) is 4.39 Å². The zero-order valence-electron chi connectivity index (χ0n) is 13.2. The van der Waals surface area contributed by atoms with Crippen molar-refractivity contribution in [1.82, 2.24) is 10.3 Å². The average Bonchev–Trinajstić information content (AvgIpc) is 2.84. The van der Waals surface area contributed by atoms with Gasteiger partial charge in [0, 0.05) is 36.4 Å². The zero-order valence-corrected chi connectivity index (χ0v) is 13.2. The van der Waals surface area contributed by atoms with Crippen LogP contribution in [0.25, 0.3) is 22.2 Å². The summed E-state index contributed by atoms with van der Waals surface area (Å²) in [4.78, 5) is 19.5. The van der Waals surface area contributed by atoms with Crippen molar-refractivity contribution in [2.75, 3.05) is 13.6 Å². The molecule has 1 aliphatic heterocycles. The second-order valence-electron chi connectivity index (χ2n) is 5.87. The van der Waals surface area contributed by atoms with Crippen LogP contribution in [-0.2, 0) is 6.42 Å². The van der Waals surface area contributed by atoms with Crippen LogP contribution in [0.3, 0.4) is 0 Å². The molecule has 1 aliphatic rings. The van der Waals surface area contributed by atoms with Crippen LogP contribution in [0.15, 0.2) is 41.4 Å². The first-order chi connectivity index (χ1) is 11.7. The Morgan fingerprint density at radius 1 is 1.21 bits per heavy atom. The van der Waals surface area contributed by atoms with Crippen molar-refractivity contribution in [3.63, 3.8) is 0 Å². The third kappa shape index (κ3) is 2.29. The minimum absolute atomic E-state index is 0.224. The quantitative estimate of drug-likeness (QED) is 0.699. The Labute approximate surface area is 138 Å². The van der Waals surface area contributed by atoms with Gasteiger partial charge in [-0.3, -0.25) is 9.79 Å². The van der Waals surface area contributed by atoms with Gasteiger partial charge in [-0.1, -0.05) is 24.3 Å². The SMILES string of the molecule is CN=Cc1ccc(-c2[nH]c3cc(F)cc4c3c2CCNC4=O)cc1. The van der Waals surface area contributed by atoms with Gasteiger partial charge in [0.25, 0.3) is 5.91 Å². The lowest BCUT2D eigenvalue weighted by Gasteiger charge is -2.04. The summed E-state index contributed by atoms with van der Waals surface area (Å²) in [6, 6.07) is 10.8. The van der Waals surface area contributed by atoms with E-state index in [0.29, 0.717) is 24.0 Å². The maximum Gasteiger partial charge on any atom is 0.252 e. The standard InChI is InChI=1S/C19H16FN3O/c1-21-10-11-2-4-12(5-3-11)18-14-6-7-22-19(24)15-8-13(20)9-16(23-18)17(14)15/h2-5,8-10,23H,6-7H2,1H3,(H,22,24). The van der Waals surface area contributed by atoms with Crippen LogP contribution in [0.2, 0.25) is 0 Å². The van der Waals surface area contributed by atoms with Crippen molar-refractivity contribution in [3.8, 4) is 11.3 Å². The molecule has 120 valence electrons. The van der Waals surface area contributed by atoms with Gasteiger partial charge in [-0.05, 0) is 35.2 Å². The number of hydrogen-bond donors (Lipinski definition) is 2. The second-order valence-corrected chi connectivity index (χ2v) is 5.87. The Morgan fingerprint density at radius 2 is 2.00 bits per heavy atom. The van der Waals surface area contributed by atoms with Crippen molar-refractivity contribution in [2.45, 2.75) is 6.42 Å². The highest BCUT2D eigenvalue weighted by Gasteiger charge is 2.23. The molecule has 0 atom stereocenters. The molecule has 4 rings (SSSR count). The minimum atomic E-state index is -0.414. The van der Waals surface area contributed by atoms with Crippen LogP contribution in [-0.4, -0.2) is 30.7 Å². The molecule has 0 spiro atoms. The molecular weight excluding hydrogens is 305 g/mol. The summed E-state index contributed by atoms with van der Waals surface area (Å²) in [6.07, 6.45) is 2.50. The van der Waals surface area contributed by atoms with Gasteiger partial charge in [-0.2, -0.15) is 0 Å². The summed E-state index contributed by atoms with van der Waals surface area (Å²) in [5.74, 6) is -0.637. The predicted molar refractivity (Wildman–Crippen MR) is 93.2 cm³/mol. The number of carbonyl (C=O) groups excluding carboxylic acids is 1. The second kappa shape index (κ2) is 5.60. The molecule has 24 heavy (non-hydrogen) atoms. The van der Waals surface area contributed by atoms with Crippen molar-refractivity contribution in [2.24, 2.45) is 4.99 Å². The first kappa shape index (κ1) is 14.6. The number of carbonyl (C=O) groups is 1. The minimum Gasteiger partial charge on any atom is -0.354 e. The molecule has 0 saturated heterocycles. The number of aromatic amines is 1. The molecular formula is C19H16FN3O. The maximum absolute atomic E-state index is 13.9. The van der Waals surface area contributed by atoms with E-state index < -0.39 is 5.82 Å². The number of nitrogens with one attached hydrogen (secondary N) is 2. The Balaban J connectivity index is 1.94. The van der Waals surface area contributed by atoms with E-state index in [0.717, 1.165) is 27.8 Å². The van der Waals surface area contributed by atoms with Crippen LogP contribution in [0.1, 0.15) is 21.5 Å². The number of aromatic nitrogens is 1. The van der Waals surface area contributed by atoms with E-state index in [1.54, 1.807) is 13.3 Å². The first-order valence-corrected chi connectivity index (χ1v) is 7.82. The van der Waals surface area contributed by atoms with Crippen LogP contribution < -0.4 is 5.32 Å². The summed E-state index contributed by atoms with van der Waals surface area (Å²) in [7, 11) is 1.74. The van der Waals surface area contributed by atoms with Gasteiger partial charge in [-0.25, -0.2) is 4.39 Å². The molecule has 2 heterocycles. The fraction of sp³-hybridized carbons (Fsp3) is 0.158. The predicted octanol–water partition coefficient (Wildman–Crippen LogP) is 3.31. The van der Waals surface area contributed by atoms with Gasteiger partial charge in [0.05, 0.1) is 5.56 Å². The largest absolute Gasteiger partial charge is 0.354 e. The number of rotatable bonds is 2. The molecule has 0 radical (unpaired) electrons. The molecule has 2 N–H and O–H groups in total. The summed E-state index contributed by atoms with van der Waals surface area (Å²) >= 11 is 0. The van der Waals surface area contributed by atoms with Crippen molar-refractivity contribution in [1.29, 1.82) is 0 Å². The molecule has 0 aliphatic carbocycles. The van der Waals surface area contributed by atoms with Gasteiger partial charge < -0.3 is 10.3 Å². The normalized spacial score (nSPS) is 14.2. The van der Waals surface area contributed by atoms with E-state index in [9.17, 15) is 9.18 Å². The molecule has 0 saturated carbocycles. The maximum atomic E-state index is 13.9. The van der Waals surface area contributed by atoms with Gasteiger partial charge in [0.2, 0.25) is 0 Å². The molecule has 4 nitrogen and oxygen atoms in total. The van der Waals surface area contributed by atoms with E-state index in [2.05, 4.69) is 15.3 Å². The summed E-state index contributed by atoms with van der Waals surface area (Å²) < 4.78 is 13.9. The Bertz CT molecular complexity index is 970. The number of nitrogens with zero attached hydrogens (tertiary/aromatic N) is 1. The molecule has 0 unspecified atom stereocenters. The lowest BCUT2D eigenvalue weighted by atomic mass is 10.00. The number of halogens is 1. The van der Waals surface area contributed by atoms with Crippen molar-refractivity contribution >= 4 is 23.0 Å². The molecule has 2 aromatic carbocycles. The first-order valence-electron chi connectivity index (χ1n) is 7.82. The third-order valence-corrected chi connectivity index (χ3v) is 4.35. The average molecular weight is 321 g/mol. The fourth-order valence-corrected chi connectivity index (χ4v) is 3.32. The van der Waals surface area contributed by atoms with Gasteiger partial charge in [0.1, 0.15) is 5.82 Å². The fourth-order valence-electron chi connectivity index (χ4n) is 3.32. The highest BCUT2D eigenvalue weighted by atomic mass is 19.1. The molecule has 0 fully saturated rings. The van der Waals surface area contributed by atoms with Crippen LogP contribution in [0.5, 0.6) is 0 Å². The van der Waals surface area contributed by atoms with Gasteiger partial charge >= 0.3 is 0 Å². The number of hydrogen-bond acceptors (Lipinski definition) is 2. The highest BCUT2D eigenvalue weighted by molar-refractivity contribution is 6.10. The van der Waals surface area contributed by atoms with Gasteiger partial charge in [0.15, 0.2) is 0 Å². The van der Waals surface area contributed by atoms with E-state index >= 15 is 0 Å². The number of aliphatic imine (C=N–C) groups is 1.